The Labute approximate surface area is 117 Å². The Morgan fingerprint density at radius 2 is 1.63 bits per heavy atom. The van der Waals surface area contributed by atoms with Crippen molar-refractivity contribution in [2.24, 2.45) is 0 Å². The van der Waals surface area contributed by atoms with Crippen molar-refractivity contribution in [3.63, 3.8) is 0 Å². The molecule has 1 heterocycles. The van der Waals surface area contributed by atoms with Gasteiger partial charge in [0.1, 0.15) is 0 Å². The molecule has 3 nitrogen and oxygen atoms in total. The zero-order valence-electron chi connectivity index (χ0n) is 12.0. The van der Waals surface area contributed by atoms with Crippen LogP contribution in [0.25, 0.3) is 0 Å². The molecule has 0 bridgehead atoms. The quantitative estimate of drug-likeness (QED) is 0.537. The first-order chi connectivity index (χ1) is 9.29. The molecular weight excluding hydrogens is 240 g/mol. The van der Waals surface area contributed by atoms with E-state index in [1.54, 1.807) is 0 Å². The predicted molar refractivity (Wildman–Crippen MR) is 76.9 cm³/mol. The lowest BCUT2D eigenvalue weighted by molar-refractivity contribution is -0.143. The van der Waals surface area contributed by atoms with E-state index >= 15 is 0 Å². The number of allylic oxidation sites excluding steroid dienone is 1. The summed E-state index contributed by atoms with van der Waals surface area (Å²) >= 11 is 0. The highest BCUT2D eigenvalue weighted by atomic mass is 16.5. The molecule has 1 atom stereocenters. The predicted octanol–water partition coefficient (Wildman–Crippen LogP) is 3.75. The van der Waals surface area contributed by atoms with E-state index in [-0.39, 0.29) is 12.1 Å². The zero-order valence-corrected chi connectivity index (χ0v) is 12.0. The minimum Gasteiger partial charge on any atom is -0.466 e. The van der Waals surface area contributed by atoms with Gasteiger partial charge in [-0.2, -0.15) is 0 Å². The first kappa shape index (κ1) is 16.2. The smallest absolute Gasteiger partial charge is 0.306 e. The van der Waals surface area contributed by atoms with E-state index in [1.165, 1.54) is 32.1 Å². The van der Waals surface area contributed by atoms with Gasteiger partial charge in [-0.1, -0.05) is 57.1 Å². The molecule has 0 saturated carbocycles. The lowest BCUT2D eigenvalue weighted by Crippen LogP contribution is -2.05. The van der Waals surface area contributed by atoms with Gasteiger partial charge in [0.2, 0.25) is 0 Å². The minimum atomic E-state index is -0.355. The van der Waals surface area contributed by atoms with E-state index in [1.807, 2.05) is 12.2 Å². The number of carbonyl (C=O) groups excluding carboxylic acids is 1. The van der Waals surface area contributed by atoms with Gasteiger partial charge in [0.15, 0.2) is 0 Å². The van der Waals surface area contributed by atoms with Crippen molar-refractivity contribution < 1.29 is 14.6 Å². The number of ether oxygens (including phenoxy) is 1. The fourth-order valence-electron chi connectivity index (χ4n) is 2.33. The topological polar surface area (TPSA) is 46.5 Å². The highest BCUT2D eigenvalue weighted by Gasteiger charge is 2.03. The van der Waals surface area contributed by atoms with E-state index in [0.717, 1.165) is 25.7 Å². The third kappa shape index (κ3) is 9.71. The van der Waals surface area contributed by atoms with Gasteiger partial charge in [0, 0.05) is 6.42 Å². The van der Waals surface area contributed by atoms with E-state index in [4.69, 9.17) is 4.74 Å². The van der Waals surface area contributed by atoms with Crippen molar-refractivity contribution in [1.29, 1.82) is 0 Å². The van der Waals surface area contributed by atoms with E-state index in [9.17, 15) is 9.90 Å². The lowest BCUT2D eigenvalue weighted by atomic mass is 10.1. The first-order valence-corrected chi connectivity index (χ1v) is 7.79. The third-order valence-electron chi connectivity index (χ3n) is 3.53. The molecule has 0 aromatic carbocycles. The molecule has 0 spiro atoms. The lowest BCUT2D eigenvalue weighted by Gasteiger charge is -2.05. The maximum absolute atomic E-state index is 11.4. The minimum absolute atomic E-state index is 0.122. The Balaban J connectivity index is 2.27. The Morgan fingerprint density at radius 1 is 1.00 bits per heavy atom. The molecule has 110 valence electrons. The molecule has 19 heavy (non-hydrogen) atoms. The first-order valence-electron chi connectivity index (χ1n) is 7.79. The molecule has 1 aliphatic rings. The second-order valence-electron chi connectivity index (χ2n) is 5.37. The van der Waals surface area contributed by atoms with Crippen LogP contribution in [0.5, 0.6) is 0 Å². The van der Waals surface area contributed by atoms with Gasteiger partial charge in [-0.3, -0.25) is 4.79 Å². The summed E-state index contributed by atoms with van der Waals surface area (Å²) < 4.78 is 5.16. The molecule has 0 radical (unpaired) electrons. The van der Waals surface area contributed by atoms with Crippen LogP contribution in [0.4, 0.5) is 0 Å². The molecule has 1 aliphatic heterocycles. The van der Waals surface area contributed by atoms with Gasteiger partial charge >= 0.3 is 5.97 Å². The monoisotopic (exact) mass is 268 g/mol. The molecule has 0 saturated heterocycles. The summed E-state index contributed by atoms with van der Waals surface area (Å²) in [4.78, 5) is 11.4. The molecule has 1 rings (SSSR count). The summed E-state index contributed by atoms with van der Waals surface area (Å²) in [7, 11) is 0. The van der Waals surface area contributed by atoms with Crippen LogP contribution in [0.15, 0.2) is 12.2 Å². The average Bonchev–Trinajstić information content (AvgIpc) is 2.40. The average molecular weight is 268 g/mol. The molecule has 0 aliphatic carbocycles. The van der Waals surface area contributed by atoms with Crippen molar-refractivity contribution in [2.75, 3.05) is 6.61 Å². The van der Waals surface area contributed by atoms with Crippen LogP contribution in [0.2, 0.25) is 0 Å². The number of esters is 1. The van der Waals surface area contributed by atoms with Crippen molar-refractivity contribution >= 4 is 5.97 Å². The van der Waals surface area contributed by atoms with Crippen LogP contribution in [0.3, 0.4) is 0 Å². The van der Waals surface area contributed by atoms with Crippen LogP contribution < -0.4 is 0 Å². The number of carbonyl (C=O) groups is 1. The molecule has 0 unspecified atom stereocenters. The largest absolute Gasteiger partial charge is 0.466 e. The number of rotatable bonds is 0. The van der Waals surface area contributed by atoms with Crippen LogP contribution >= 0.6 is 0 Å². The Bertz CT molecular complexity index is 261. The van der Waals surface area contributed by atoms with Gasteiger partial charge < -0.3 is 9.84 Å². The number of hydrogen-bond acceptors (Lipinski definition) is 3. The van der Waals surface area contributed by atoms with Crippen LogP contribution in [-0.2, 0) is 9.53 Å². The third-order valence-corrected chi connectivity index (χ3v) is 3.53. The standard InChI is InChI=1S/C16H28O3/c17-15-11-7-5-3-1-2-4-6-10-14-19-16(18)13-9-8-12-15/h8,12,15,17H,1-7,9-11,13-14H2/b12-8+/t15-/m0/s1. The molecule has 1 N–H and O–H groups in total. The molecule has 3 heteroatoms. The molecule has 0 amide bonds. The van der Waals surface area contributed by atoms with Crippen molar-refractivity contribution in [1.82, 2.24) is 0 Å². The van der Waals surface area contributed by atoms with Crippen molar-refractivity contribution in [2.45, 2.75) is 76.7 Å². The van der Waals surface area contributed by atoms with Crippen molar-refractivity contribution in [3.8, 4) is 0 Å². The maximum Gasteiger partial charge on any atom is 0.306 e. The van der Waals surface area contributed by atoms with Crippen LogP contribution in [-0.4, -0.2) is 23.8 Å². The Hall–Kier alpha value is -0.830. The normalized spacial score (nSPS) is 27.2. The summed E-state index contributed by atoms with van der Waals surface area (Å²) in [5, 5.41) is 9.73. The van der Waals surface area contributed by atoms with Gasteiger partial charge in [0.25, 0.3) is 0 Å². The van der Waals surface area contributed by atoms with Gasteiger partial charge in [-0.25, -0.2) is 0 Å². The summed E-state index contributed by atoms with van der Waals surface area (Å²) in [5.41, 5.74) is 0. The molecule has 0 fully saturated rings. The second-order valence-corrected chi connectivity index (χ2v) is 5.37. The maximum atomic E-state index is 11.4. The van der Waals surface area contributed by atoms with Crippen LogP contribution in [0.1, 0.15) is 70.6 Å². The molecule has 0 aromatic rings. The Morgan fingerprint density at radius 3 is 2.37 bits per heavy atom. The van der Waals surface area contributed by atoms with E-state index < -0.39 is 0 Å². The summed E-state index contributed by atoms with van der Waals surface area (Å²) in [5.74, 6) is -0.122. The number of hydrogen-bond donors (Lipinski definition) is 1. The molecule has 0 aromatic heterocycles. The zero-order chi connectivity index (χ0) is 13.8. The number of aliphatic hydroxyl groups excluding tert-OH is 1. The highest BCUT2D eigenvalue weighted by Crippen LogP contribution is 2.12. The van der Waals surface area contributed by atoms with E-state index in [0.29, 0.717) is 19.4 Å². The number of cyclic esters (lactones) is 1. The molecular formula is C16H28O3. The SMILES string of the molecule is O=C1CC/C=C/[C@@H](O)CCCCCCCCCCO1. The Kier molecular flexibility index (Phi) is 9.42. The summed E-state index contributed by atoms with van der Waals surface area (Å²) in [6.07, 6.45) is 14.8. The van der Waals surface area contributed by atoms with Gasteiger partial charge in [0.05, 0.1) is 12.7 Å². The fourth-order valence-corrected chi connectivity index (χ4v) is 2.33. The van der Waals surface area contributed by atoms with Crippen LogP contribution in [0, 0.1) is 0 Å². The fraction of sp³-hybridized carbons (Fsp3) is 0.812. The summed E-state index contributed by atoms with van der Waals surface area (Å²) in [6, 6.07) is 0. The van der Waals surface area contributed by atoms with Crippen molar-refractivity contribution in [3.05, 3.63) is 12.2 Å². The summed E-state index contributed by atoms with van der Waals surface area (Å²) in [6.45, 7) is 0.561. The van der Waals surface area contributed by atoms with Gasteiger partial charge in [-0.15, -0.1) is 0 Å². The van der Waals surface area contributed by atoms with E-state index in [2.05, 4.69) is 0 Å². The van der Waals surface area contributed by atoms with Gasteiger partial charge in [-0.05, 0) is 19.3 Å². The number of aliphatic hydroxyl groups is 1. The highest BCUT2D eigenvalue weighted by molar-refractivity contribution is 5.69. The second kappa shape index (κ2) is 11.0.